The summed E-state index contributed by atoms with van der Waals surface area (Å²) in [5.74, 6) is -0.922. The highest BCUT2D eigenvalue weighted by molar-refractivity contribution is 14.1. The summed E-state index contributed by atoms with van der Waals surface area (Å²) in [7, 11) is 0. The molecule has 0 amide bonds. The van der Waals surface area contributed by atoms with Crippen LogP contribution in [0, 0.1) is 3.70 Å². The first kappa shape index (κ1) is 9.44. The van der Waals surface area contributed by atoms with E-state index in [0.717, 1.165) is 12.1 Å². The van der Waals surface area contributed by atoms with Crippen molar-refractivity contribution in [1.29, 1.82) is 0 Å². The number of carboxylic acid groups (broad SMARTS) is 1. The Hall–Kier alpha value is -0.650. The Balaban J connectivity index is 3.12. The smallest absolute Gasteiger partial charge is 0.338 e. The summed E-state index contributed by atoms with van der Waals surface area (Å²) < 4.78 is 0.555. The van der Waals surface area contributed by atoms with E-state index in [2.05, 4.69) is 4.98 Å². The van der Waals surface area contributed by atoms with Crippen LogP contribution in [0.25, 0.3) is 0 Å². The Kier molecular flexibility index (Phi) is 3.02. The summed E-state index contributed by atoms with van der Waals surface area (Å²) in [6, 6.07) is 3.33. The zero-order valence-corrected chi connectivity index (χ0v) is 8.70. The second-order valence-corrected chi connectivity index (χ2v) is 3.32. The van der Waals surface area contributed by atoms with Crippen molar-refractivity contribution in [3.63, 3.8) is 0 Å². The Labute approximate surface area is 84.0 Å². The van der Waals surface area contributed by atoms with Crippen LogP contribution < -0.4 is 0 Å². The fraction of sp³-hybridized carbons (Fsp3) is 0.250. The maximum absolute atomic E-state index is 10.6. The quantitative estimate of drug-likeness (QED) is 0.664. The number of aromatic carboxylic acids is 1. The number of aromatic nitrogens is 1. The number of nitrogens with zero attached hydrogens (tertiary/aromatic N) is 1. The average Bonchev–Trinajstić information content (AvgIpc) is 2.03. The van der Waals surface area contributed by atoms with Crippen LogP contribution in [0.2, 0.25) is 0 Å². The van der Waals surface area contributed by atoms with E-state index in [-0.39, 0.29) is 5.56 Å². The summed E-state index contributed by atoms with van der Waals surface area (Å²) in [4.78, 5) is 14.7. The van der Waals surface area contributed by atoms with Gasteiger partial charge in [-0.3, -0.25) is 0 Å². The van der Waals surface area contributed by atoms with Gasteiger partial charge in [-0.05, 0) is 41.1 Å². The van der Waals surface area contributed by atoms with Gasteiger partial charge >= 0.3 is 5.97 Å². The number of rotatable bonds is 2. The van der Waals surface area contributed by atoms with E-state index in [1.54, 1.807) is 12.1 Å². The van der Waals surface area contributed by atoms with Crippen molar-refractivity contribution < 1.29 is 9.90 Å². The topological polar surface area (TPSA) is 50.2 Å². The van der Waals surface area contributed by atoms with Gasteiger partial charge in [0, 0.05) is 5.69 Å². The monoisotopic (exact) mass is 277 g/mol. The minimum atomic E-state index is -0.922. The molecular formula is C8H8INO2. The van der Waals surface area contributed by atoms with Gasteiger partial charge in [0.25, 0.3) is 0 Å². The minimum absolute atomic E-state index is 0.271. The van der Waals surface area contributed by atoms with E-state index < -0.39 is 5.97 Å². The third-order valence-corrected chi connectivity index (χ3v) is 2.32. The van der Waals surface area contributed by atoms with Crippen LogP contribution >= 0.6 is 22.6 Å². The maximum atomic E-state index is 10.6. The Morgan fingerprint density at radius 3 is 2.75 bits per heavy atom. The number of hydrogen-bond donors (Lipinski definition) is 1. The van der Waals surface area contributed by atoms with Gasteiger partial charge in [-0.15, -0.1) is 0 Å². The van der Waals surface area contributed by atoms with Crippen molar-refractivity contribution in [3.05, 3.63) is 27.1 Å². The predicted octanol–water partition coefficient (Wildman–Crippen LogP) is 1.95. The van der Waals surface area contributed by atoms with Gasteiger partial charge in [0.2, 0.25) is 0 Å². The van der Waals surface area contributed by atoms with Crippen molar-refractivity contribution in [3.8, 4) is 0 Å². The van der Waals surface area contributed by atoms with E-state index in [4.69, 9.17) is 5.11 Å². The van der Waals surface area contributed by atoms with Crippen LogP contribution in [0.1, 0.15) is 23.0 Å². The van der Waals surface area contributed by atoms with E-state index in [9.17, 15) is 4.79 Å². The Bertz CT molecular complexity index is 312. The third kappa shape index (κ3) is 1.94. The molecule has 0 aliphatic carbocycles. The number of pyridine rings is 1. The number of hydrogen-bond acceptors (Lipinski definition) is 2. The number of aryl methyl sites for hydroxylation is 1. The van der Waals surface area contributed by atoms with Crippen LogP contribution in [-0.4, -0.2) is 16.1 Å². The van der Waals surface area contributed by atoms with Crippen LogP contribution in [0.4, 0.5) is 0 Å². The Morgan fingerprint density at radius 2 is 2.33 bits per heavy atom. The molecule has 0 bridgehead atoms. The first-order valence-electron chi connectivity index (χ1n) is 3.54. The molecule has 1 aromatic heterocycles. The lowest BCUT2D eigenvalue weighted by Crippen LogP contribution is -2.03. The van der Waals surface area contributed by atoms with Gasteiger partial charge in [0.05, 0.1) is 5.56 Å². The van der Waals surface area contributed by atoms with Crippen LogP contribution in [-0.2, 0) is 6.42 Å². The van der Waals surface area contributed by atoms with E-state index >= 15 is 0 Å². The predicted molar refractivity (Wildman–Crippen MR) is 53.3 cm³/mol. The highest BCUT2D eigenvalue weighted by Gasteiger charge is 2.08. The summed E-state index contributed by atoms with van der Waals surface area (Å²) >= 11 is 1.93. The van der Waals surface area contributed by atoms with Gasteiger partial charge in [-0.1, -0.05) is 6.92 Å². The van der Waals surface area contributed by atoms with Crippen LogP contribution in [0.3, 0.4) is 0 Å². The molecule has 0 saturated carbocycles. The first-order chi connectivity index (χ1) is 5.65. The van der Waals surface area contributed by atoms with E-state index in [1.807, 2.05) is 29.5 Å². The zero-order chi connectivity index (χ0) is 9.14. The van der Waals surface area contributed by atoms with Gasteiger partial charge in [0.15, 0.2) is 0 Å². The van der Waals surface area contributed by atoms with Crippen molar-refractivity contribution >= 4 is 28.6 Å². The van der Waals surface area contributed by atoms with Crippen LogP contribution in [0.15, 0.2) is 12.1 Å². The van der Waals surface area contributed by atoms with Crippen molar-refractivity contribution in [2.24, 2.45) is 0 Å². The largest absolute Gasteiger partial charge is 0.478 e. The molecule has 1 heterocycles. The fourth-order valence-corrected chi connectivity index (χ4v) is 1.55. The van der Waals surface area contributed by atoms with E-state index in [0.29, 0.717) is 3.70 Å². The maximum Gasteiger partial charge on any atom is 0.338 e. The lowest BCUT2D eigenvalue weighted by atomic mass is 10.2. The normalized spacial score (nSPS) is 9.83. The lowest BCUT2D eigenvalue weighted by molar-refractivity contribution is 0.0695. The summed E-state index contributed by atoms with van der Waals surface area (Å²) in [5.41, 5.74) is 1.19. The average molecular weight is 277 g/mol. The minimum Gasteiger partial charge on any atom is -0.478 e. The second kappa shape index (κ2) is 3.84. The fourth-order valence-electron chi connectivity index (χ4n) is 0.828. The van der Waals surface area contributed by atoms with Gasteiger partial charge in [-0.25, -0.2) is 9.78 Å². The third-order valence-electron chi connectivity index (χ3n) is 1.50. The number of carbonyl (C=O) groups is 1. The molecule has 3 nitrogen and oxygen atoms in total. The molecule has 1 aromatic rings. The van der Waals surface area contributed by atoms with Crippen LogP contribution in [0.5, 0.6) is 0 Å². The lowest BCUT2D eigenvalue weighted by Gasteiger charge is -1.99. The molecule has 0 aromatic carbocycles. The molecule has 0 aliphatic rings. The molecule has 4 heteroatoms. The molecule has 1 rings (SSSR count). The first-order valence-corrected chi connectivity index (χ1v) is 4.61. The zero-order valence-electron chi connectivity index (χ0n) is 6.54. The number of halogens is 1. The second-order valence-electron chi connectivity index (χ2n) is 2.30. The molecule has 0 atom stereocenters. The van der Waals surface area contributed by atoms with Gasteiger partial charge in [-0.2, -0.15) is 0 Å². The number of carboxylic acids is 1. The van der Waals surface area contributed by atoms with Gasteiger partial charge < -0.3 is 5.11 Å². The highest BCUT2D eigenvalue weighted by Crippen LogP contribution is 2.10. The van der Waals surface area contributed by atoms with Gasteiger partial charge in [0.1, 0.15) is 3.70 Å². The molecule has 12 heavy (non-hydrogen) atoms. The van der Waals surface area contributed by atoms with Crippen molar-refractivity contribution in [2.75, 3.05) is 0 Å². The summed E-state index contributed by atoms with van der Waals surface area (Å²) in [6.07, 6.45) is 0.829. The molecule has 1 N–H and O–H groups in total. The molecule has 0 aliphatic heterocycles. The molecule has 0 fully saturated rings. The Morgan fingerprint density at radius 1 is 1.67 bits per heavy atom. The highest BCUT2D eigenvalue weighted by atomic mass is 127. The molecule has 0 saturated heterocycles. The molecule has 0 unspecified atom stereocenters. The summed E-state index contributed by atoms with van der Waals surface area (Å²) in [5, 5.41) is 8.68. The molecule has 0 spiro atoms. The molecule has 64 valence electrons. The molecular weight excluding hydrogens is 269 g/mol. The van der Waals surface area contributed by atoms with E-state index in [1.165, 1.54) is 0 Å². The SMILES string of the molecule is CCc1ccc(C(=O)O)c(I)n1. The molecule has 0 radical (unpaired) electrons. The standard InChI is InChI=1S/C8H8INO2/c1-2-5-3-4-6(8(11)12)7(9)10-5/h3-4H,2H2,1H3,(H,11,12). The summed E-state index contributed by atoms with van der Waals surface area (Å²) in [6.45, 7) is 1.98. The van der Waals surface area contributed by atoms with Crippen molar-refractivity contribution in [2.45, 2.75) is 13.3 Å². The van der Waals surface area contributed by atoms with Crippen molar-refractivity contribution in [1.82, 2.24) is 4.98 Å².